The zero-order chi connectivity index (χ0) is 23.7. The predicted octanol–water partition coefficient (Wildman–Crippen LogP) is 10.1. The lowest BCUT2D eigenvalue weighted by atomic mass is 9.96. The molecule has 1 atom stereocenters. The van der Waals surface area contributed by atoms with E-state index < -0.39 is 8.07 Å². The summed E-state index contributed by atoms with van der Waals surface area (Å²) < 4.78 is 0. The highest BCUT2D eigenvalue weighted by atomic mass is 32.1. The van der Waals surface area contributed by atoms with Crippen LogP contribution in [0.3, 0.4) is 0 Å². The molecule has 0 saturated heterocycles. The molecule has 0 radical (unpaired) electrons. The molecule has 0 fully saturated rings. The van der Waals surface area contributed by atoms with Crippen LogP contribution in [0.15, 0.2) is 12.1 Å². The van der Waals surface area contributed by atoms with Crippen molar-refractivity contribution in [3.63, 3.8) is 0 Å². The molecule has 0 bridgehead atoms. The molecule has 0 aliphatic carbocycles. The van der Waals surface area contributed by atoms with Crippen LogP contribution in [0.25, 0.3) is 9.75 Å². The molecule has 0 spiro atoms. The smallest absolute Gasteiger partial charge is 0.122 e. The van der Waals surface area contributed by atoms with Crippen LogP contribution in [0.4, 0.5) is 0 Å². The number of hydrogen-bond acceptors (Lipinski definition) is 2. The SMILES string of the molecule is CCCCCCCCC(CCCCCC)C[Si]1(CCCC)c2cc(C)sc2-c2sc(C)cc21. The molecule has 186 valence electrons. The highest BCUT2D eigenvalue weighted by Gasteiger charge is 2.48. The van der Waals surface area contributed by atoms with Gasteiger partial charge in [-0.3, -0.25) is 0 Å². The van der Waals surface area contributed by atoms with Gasteiger partial charge in [0.1, 0.15) is 8.07 Å². The molecule has 0 nitrogen and oxygen atoms in total. The molecule has 33 heavy (non-hydrogen) atoms. The first-order valence-corrected chi connectivity index (χ1v) is 18.3. The van der Waals surface area contributed by atoms with Crippen LogP contribution >= 0.6 is 22.7 Å². The van der Waals surface area contributed by atoms with E-state index >= 15 is 0 Å². The average Bonchev–Trinajstić information content (AvgIpc) is 3.43. The fourth-order valence-corrected chi connectivity index (χ4v) is 16.0. The van der Waals surface area contributed by atoms with Gasteiger partial charge in [0, 0.05) is 19.5 Å². The van der Waals surface area contributed by atoms with Gasteiger partial charge in [-0.15, -0.1) is 22.7 Å². The first-order chi connectivity index (χ1) is 16.1. The van der Waals surface area contributed by atoms with Crippen molar-refractivity contribution < 1.29 is 0 Å². The maximum atomic E-state index is 2.64. The molecule has 1 aliphatic heterocycles. The highest BCUT2D eigenvalue weighted by Crippen LogP contribution is 2.44. The Bertz CT molecular complexity index is 784. The Morgan fingerprint density at radius 3 is 1.61 bits per heavy atom. The normalized spacial score (nSPS) is 15.1. The van der Waals surface area contributed by atoms with E-state index in [9.17, 15) is 0 Å². The Morgan fingerprint density at radius 1 is 0.636 bits per heavy atom. The maximum Gasteiger partial charge on any atom is 0.122 e. The Balaban J connectivity index is 1.82. The summed E-state index contributed by atoms with van der Waals surface area (Å²) in [4.78, 5) is 6.46. The van der Waals surface area contributed by atoms with Crippen LogP contribution in [0.2, 0.25) is 12.1 Å². The van der Waals surface area contributed by atoms with Crippen LogP contribution in [0, 0.1) is 19.8 Å². The molecule has 1 aliphatic rings. The summed E-state index contributed by atoms with van der Waals surface area (Å²) in [6.07, 6.45) is 20.0. The molecule has 0 aromatic carbocycles. The number of hydrogen-bond donors (Lipinski definition) is 0. The second kappa shape index (κ2) is 13.6. The second-order valence-corrected chi connectivity index (χ2v) is 17.5. The molecule has 1 unspecified atom stereocenters. The Morgan fingerprint density at radius 2 is 1.09 bits per heavy atom. The van der Waals surface area contributed by atoms with E-state index in [0.717, 1.165) is 5.92 Å². The first kappa shape index (κ1) is 27.2. The van der Waals surface area contributed by atoms with Crippen molar-refractivity contribution in [2.75, 3.05) is 0 Å². The summed E-state index contributed by atoms with van der Waals surface area (Å²) in [5.41, 5.74) is 0. The maximum absolute atomic E-state index is 2.64. The summed E-state index contributed by atoms with van der Waals surface area (Å²) in [6, 6.07) is 8.30. The van der Waals surface area contributed by atoms with E-state index in [4.69, 9.17) is 0 Å². The molecule has 0 saturated carbocycles. The van der Waals surface area contributed by atoms with Crippen molar-refractivity contribution in [1.29, 1.82) is 0 Å². The van der Waals surface area contributed by atoms with Crippen molar-refractivity contribution in [1.82, 2.24) is 0 Å². The molecule has 0 amide bonds. The number of fused-ring (bicyclic) bond motifs is 3. The minimum Gasteiger partial charge on any atom is -0.140 e. The lowest BCUT2D eigenvalue weighted by molar-refractivity contribution is 0.430. The van der Waals surface area contributed by atoms with Crippen molar-refractivity contribution in [3.8, 4) is 9.75 Å². The molecule has 2 aromatic rings. The molecular formula is C30H50S2Si. The number of aryl methyl sites for hydroxylation is 2. The average molecular weight is 503 g/mol. The Kier molecular flexibility index (Phi) is 11.2. The van der Waals surface area contributed by atoms with E-state index in [1.807, 2.05) is 10.4 Å². The van der Waals surface area contributed by atoms with Gasteiger partial charge in [0.15, 0.2) is 0 Å². The summed E-state index contributed by atoms with van der Waals surface area (Å²) in [7, 11) is -1.64. The molecule has 3 heterocycles. The number of rotatable bonds is 17. The monoisotopic (exact) mass is 502 g/mol. The zero-order valence-corrected chi connectivity index (χ0v) is 25.0. The van der Waals surface area contributed by atoms with E-state index in [0.29, 0.717) is 0 Å². The summed E-state index contributed by atoms with van der Waals surface area (Å²) in [5, 5.41) is 3.70. The van der Waals surface area contributed by atoms with Gasteiger partial charge < -0.3 is 0 Å². The van der Waals surface area contributed by atoms with Gasteiger partial charge in [-0.05, 0) is 54.4 Å². The fraction of sp³-hybridized carbons (Fsp3) is 0.733. The van der Waals surface area contributed by atoms with Gasteiger partial charge >= 0.3 is 0 Å². The first-order valence-electron chi connectivity index (χ1n) is 14.3. The lowest BCUT2D eigenvalue weighted by Crippen LogP contribution is -2.55. The third-order valence-electron chi connectivity index (χ3n) is 7.97. The number of thiophene rings is 2. The lowest BCUT2D eigenvalue weighted by Gasteiger charge is -2.33. The highest BCUT2D eigenvalue weighted by molar-refractivity contribution is 7.29. The summed E-state index contributed by atoms with van der Waals surface area (Å²) in [5.74, 6) is 0.941. The predicted molar refractivity (Wildman–Crippen MR) is 157 cm³/mol. The molecule has 2 aromatic heterocycles. The van der Waals surface area contributed by atoms with E-state index in [2.05, 4.69) is 69.4 Å². The van der Waals surface area contributed by atoms with E-state index in [-0.39, 0.29) is 0 Å². The van der Waals surface area contributed by atoms with Crippen LogP contribution in [-0.2, 0) is 0 Å². The van der Waals surface area contributed by atoms with Crippen LogP contribution in [0.5, 0.6) is 0 Å². The Labute approximate surface area is 214 Å². The van der Waals surface area contributed by atoms with Gasteiger partial charge in [-0.2, -0.15) is 0 Å². The summed E-state index contributed by atoms with van der Waals surface area (Å²) in [6.45, 7) is 11.8. The van der Waals surface area contributed by atoms with Crippen molar-refractivity contribution in [3.05, 3.63) is 21.9 Å². The van der Waals surface area contributed by atoms with Gasteiger partial charge in [0.2, 0.25) is 0 Å². The second-order valence-electron chi connectivity index (χ2n) is 10.9. The third-order valence-corrected chi connectivity index (χ3v) is 15.9. The minimum atomic E-state index is -1.64. The summed E-state index contributed by atoms with van der Waals surface area (Å²) >= 11 is 4.19. The topological polar surface area (TPSA) is 0 Å². The van der Waals surface area contributed by atoms with Crippen LogP contribution < -0.4 is 10.4 Å². The van der Waals surface area contributed by atoms with Crippen molar-refractivity contribution >= 4 is 41.1 Å². The van der Waals surface area contributed by atoms with Crippen molar-refractivity contribution in [2.45, 2.75) is 137 Å². The minimum absolute atomic E-state index is 0.941. The largest absolute Gasteiger partial charge is 0.140 e. The van der Waals surface area contributed by atoms with Gasteiger partial charge in [0.25, 0.3) is 0 Å². The quantitative estimate of drug-likeness (QED) is 0.149. The molecular weight excluding hydrogens is 453 g/mol. The van der Waals surface area contributed by atoms with Crippen LogP contribution in [-0.4, -0.2) is 8.07 Å². The molecule has 3 rings (SSSR count). The van der Waals surface area contributed by atoms with E-state index in [1.54, 1.807) is 19.5 Å². The Hall–Kier alpha value is -0.383. The number of unbranched alkanes of at least 4 members (excludes halogenated alkanes) is 9. The van der Waals surface area contributed by atoms with E-state index in [1.165, 1.54) is 102 Å². The van der Waals surface area contributed by atoms with Gasteiger partial charge in [0.05, 0.1) is 0 Å². The fourth-order valence-electron chi connectivity index (χ4n) is 6.21. The van der Waals surface area contributed by atoms with Crippen molar-refractivity contribution in [2.24, 2.45) is 5.92 Å². The standard InChI is InChI=1S/C30H50S2Si/c1-6-9-12-14-15-17-19-26(18-16-13-10-7-2)23-33(20-11-8-3)27-21-24(4)31-29(27)30-28(33)22-25(5)32-30/h21-22,26H,6-20,23H2,1-5H3. The third kappa shape index (κ3) is 6.85. The van der Waals surface area contributed by atoms with Gasteiger partial charge in [-0.25, -0.2) is 0 Å². The zero-order valence-electron chi connectivity index (χ0n) is 22.4. The molecule has 0 N–H and O–H groups in total. The van der Waals surface area contributed by atoms with Gasteiger partial charge in [-0.1, -0.05) is 111 Å². The molecule has 3 heteroatoms. The van der Waals surface area contributed by atoms with Crippen LogP contribution in [0.1, 0.15) is 120 Å².